The van der Waals surface area contributed by atoms with Crippen LogP contribution in [-0.4, -0.2) is 26.4 Å². The summed E-state index contributed by atoms with van der Waals surface area (Å²) in [5.74, 6) is 1.25. The van der Waals surface area contributed by atoms with Crippen molar-refractivity contribution < 1.29 is 9.26 Å². The fraction of sp³-hybridized carbons (Fsp3) is 0.200. The van der Waals surface area contributed by atoms with Crippen LogP contribution >= 0.6 is 0 Å². The first kappa shape index (κ1) is 17.7. The van der Waals surface area contributed by atoms with Gasteiger partial charge in [0.05, 0.1) is 23.6 Å². The van der Waals surface area contributed by atoms with Crippen LogP contribution < -0.4 is 16.0 Å². The highest BCUT2D eigenvalue weighted by atomic mass is 16.5. The van der Waals surface area contributed by atoms with Crippen LogP contribution in [0.2, 0.25) is 0 Å². The van der Waals surface area contributed by atoms with Gasteiger partial charge in [0.15, 0.2) is 0 Å². The van der Waals surface area contributed by atoms with Gasteiger partial charge < -0.3 is 9.26 Å². The Balaban J connectivity index is 1.81. The van der Waals surface area contributed by atoms with E-state index in [1.165, 1.54) is 9.13 Å². The zero-order valence-electron chi connectivity index (χ0n) is 15.5. The maximum atomic E-state index is 12.8. The summed E-state index contributed by atoms with van der Waals surface area (Å²) in [6.07, 6.45) is 0. The zero-order chi connectivity index (χ0) is 19.7. The fourth-order valence-electron chi connectivity index (χ4n) is 3.20. The highest BCUT2D eigenvalue weighted by Crippen LogP contribution is 2.27. The number of rotatable bonds is 5. The summed E-state index contributed by atoms with van der Waals surface area (Å²) >= 11 is 0. The Morgan fingerprint density at radius 3 is 2.57 bits per heavy atom. The lowest BCUT2D eigenvalue weighted by Crippen LogP contribution is -2.39. The summed E-state index contributed by atoms with van der Waals surface area (Å²) < 4.78 is 13.4. The van der Waals surface area contributed by atoms with E-state index in [1.807, 2.05) is 18.2 Å². The molecule has 0 saturated heterocycles. The van der Waals surface area contributed by atoms with Crippen LogP contribution in [0.1, 0.15) is 12.8 Å². The van der Waals surface area contributed by atoms with Crippen molar-refractivity contribution in [2.24, 2.45) is 0 Å². The third kappa shape index (κ3) is 2.88. The normalized spacial score (nSPS) is 11.1. The molecule has 2 heterocycles. The van der Waals surface area contributed by atoms with Crippen molar-refractivity contribution in [2.45, 2.75) is 20.0 Å². The molecule has 0 atom stereocenters. The molecule has 0 bridgehead atoms. The smallest absolute Gasteiger partial charge is 0.331 e. The van der Waals surface area contributed by atoms with Crippen molar-refractivity contribution in [1.82, 2.24) is 19.3 Å². The first-order chi connectivity index (χ1) is 13.6. The summed E-state index contributed by atoms with van der Waals surface area (Å²) in [7, 11) is 1.57. The van der Waals surface area contributed by atoms with Crippen LogP contribution in [0.5, 0.6) is 5.75 Å². The minimum Gasteiger partial charge on any atom is -0.496 e. The van der Waals surface area contributed by atoms with Crippen molar-refractivity contribution in [3.8, 4) is 17.1 Å². The van der Waals surface area contributed by atoms with Gasteiger partial charge in [-0.1, -0.05) is 29.4 Å². The molecule has 28 heavy (non-hydrogen) atoms. The van der Waals surface area contributed by atoms with E-state index in [0.717, 1.165) is 0 Å². The van der Waals surface area contributed by atoms with Crippen LogP contribution in [0.15, 0.2) is 62.6 Å². The Morgan fingerprint density at radius 2 is 1.79 bits per heavy atom. The van der Waals surface area contributed by atoms with Crippen LogP contribution in [0.25, 0.3) is 22.3 Å². The van der Waals surface area contributed by atoms with Crippen LogP contribution in [0.3, 0.4) is 0 Å². The molecule has 2 aromatic carbocycles. The number of benzene rings is 2. The summed E-state index contributed by atoms with van der Waals surface area (Å²) in [5, 5.41) is 4.48. The number of ether oxygens (including phenoxy) is 1. The zero-order valence-corrected chi connectivity index (χ0v) is 15.5. The van der Waals surface area contributed by atoms with Gasteiger partial charge in [-0.25, -0.2) is 4.79 Å². The van der Waals surface area contributed by atoms with Crippen molar-refractivity contribution in [2.75, 3.05) is 7.11 Å². The molecule has 4 rings (SSSR count). The largest absolute Gasteiger partial charge is 0.496 e. The molecular formula is C20H18N4O4. The number of methoxy groups -OCH3 is 1. The summed E-state index contributed by atoms with van der Waals surface area (Å²) in [4.78, 5) is 29.8. The predicted octanol–water partition coefficient (Wildman–Crippen LogP) is 2.29. The standard InChI is InChI=1S/C20H18N4O4/c1-3-23-19(25)13-8-4-6-10-15(13)24(20(23)26)12-17-21-18(22-28-17)14-9-5-7-11-16(14)27-2/h4-11H,3,12H2,1-2H3. The SMILES string of the molecule is CCn1c(=O)c2ccccc2n(Cc2nc(-c3ccccc3OC)no2)c1=O. The molecule has 0 aliphatic carbocycles. The van der Waals surface area contributed by atoms with Gasteiger partial charge in [-0.3, -0.25) is 13.9 Å². The van der Waals surface area contributed by atoms with E-state index in [4.69, 9.17) is 9.26 Å². The molecule has 0 N–H and O–H groups in total. The summed E-state index contributed by atoms with van der Waals surface area (Å²) in [5.41, 5.74) is 0.498. The molecular weight excluding hydrogens is 360 g/mol. The number of hydrogen-bond donors (Lipinski definition) is 0. The summed E-state index contributed by atoms with van der Waals surface area (Å²) in [6, 6.07) is 14.3. The van der Waals surface area contributed by atoms with E-state index >= 15 is 0 Å². The van der Waals surface area contributed by atoms with Crippen LogP contribution in [0.4, 0.5) is 0 Å². The summed E-state index contributed by atoms with van der Waals surface area (Å²) in [6.45, 7) is 2.09. The third-order valence-corrected chi connectivity index (χ3v) is 4.56. The number of nitrogens with zero attached hydrogens (tertiary/aromatic N) is 4. The Labute approximate surface area is 159 Å². The molecule has 0 saturated carbocycles. The number of aromatic nitrogens is 4. The maximum absolute atomic E-state index is 12.8. The highest BCUT2D eigenvalue weighted by molar-refractivity contribution is 5.77. The van der Waals surface area contributed by atoms with Gasteiger partial charge in [0.1, 0.15) is 12.3 Å². The molecule has 0 spiro atoms. The van der Waals surface area contributed by atoms with E-state index in [2.05, 4.69) is 10.1 Å². The lowest BCUT2D eigenvalue weighted by molar-refractivity contribution is 0.369. The number of fused-ring (bicyclic) bond motifs is 1. The van der Waals surface area contributed by atoms with E-state index in [9.17, 15) is 9.59 Å². The van der Waals surface area contributed by atoms with Gasteiger partial charge in [0.25, 0.3) is 5.56 Å². The third-order valence-electron chi connectivity index (χ3n) is 4.56. The highest BCUT2D eigenvalue weighted by Gasteiger charge is 2.17. The molecule has 0 fully saturated rings. The van der Waals surface area contributed by atoms with Gasteiger partial charge in [0.2, 0.25) is 11.7 Å². The van der Waals surface area contributed by atoms with E-state index in [-0.39, 0.29) is 24.5 Å². The van der Waals surface area contributed by atoms with Gasteiger partial charge in [-0.05, 0) is 31.2 Å². The minimum atomic E-state index is -0.414. The molecule has 142 valence electrons. The Hall–Kier alpha value is -3.68. The molecule has 0 aliphatic heterocycles. The lowest BCUT2D eigenvalue weighted by atomic mass is 10.2. The first-order valence-corrected chi connectivity index (χ1v) is 8.82. The second-order valence-electron chi connectivity index (χ2n) is 6.15. The average molecular weight is 378 g/mol. The van der Waals surface area contributed by atoms with E-state index in [1.54, 1.807) is 44.4 Å². The van der Waals surface area contributed by atoms with Crippen LogP contribution in [0, 0.1) is 0 Å². The van der Waals surface area contributed by atoms with Gasteiger partial charge in [-0.15, -0.1) is 0 Å². The molecule has 8 nitrogen and oxygen atoms in total. The molecule has 0 aliphatic rings. The Bertz CT molecular complexity index is 1270. The monoisotopic (exact) mass is 378 g/mol. The molecule has 8 heteroatoms. The Kier molecular flexibility index (Phi) is 4.52. The van der Waals surface area contributed by atoms with Crippen LogP contribution in [-0.2, 0) is 13.1 Å². The van der Waals surface area contributed by atoms with Gasteiger partial charge in [-0.2, -0.15) is 4.98 Å². The maximum Gasteiger partial charge on any atom is 0.331 e. The molecule has 0 unspecified atom stereocenters. The van der Waals surface area contributed by atoms with Gasteiger partial charge in [0, 0.05) is 6.54 Å². The van der Waals surface area contributed by atoms with E-state index < -0.39 is 5.69 Å². The molecule has 2 aromatic heterocycles. The lowest BCUT2D eigenvalue weighted by Gasteiger charge is -2.11. The van der Waals surface area contributed by atoms with Crippen molar-refractivity contribution in [3.63, 3.8) is 0 Å². The molecule has 4 aromatic rings. The number of para-hydroxylation sites is 2. The quantitative estimate of drug-likeness (QED) is 0.529. The minimum absolute atomic E-state index is 0.0573. The topological polar surface area (TPSA) is 92.2 Å². The van der Waals surface area contributed by atoms with Crippen molar-refractivity contribution in [1.29, 1.82) is 0 Å². The number of hydrogen-bond acceptors (Lipinski definition) is 6. The second kappa shape index (κ2) is 7.15. The van der Waals surface area contributed by atoms with Gasteiger partial charge >= 0.3 is 5.69 Å². The van der Waals surface area contributed by atoms with Crippen molar-refractivity contribution >= 4 is 10.9 Å². The predicted molar refractivity (Wildman–Crippen MR) is 104 cm³/mol. The average Bonchev–Trinajstić information content (AvgIpc) is 3.20. The second-order valence-corrected chi connectivity index (χ2v) is 6.15. The first-order valence-electron chi connectivity index (χ1n) is 8.82. The van der Waals surface area contributed by atoms with E-state index in [0.29, 0.717) is 28.0 Å². The fourth-order valence-corrected chi connectivity index (χ4v) is 3.20. The van der Waals surface area contributed by atoms with Crippen molar-refractivity contribution in [3.05, 3.63) is 75.3 Å². The molecule has 0 radical (unpaired) electrons. The molecule has 0 amide bonds. The Morgan fingerprint density at radius 1 is 1.04 bits per heavy atom.